The second-order valence-electron chi connectivity index (χ2n) is 4.45. The standard InChI is InChI=1S/C7H16BOP/c1-7(8)4-3-5-10(2,9)6-7/h3-6,8H2,1-2H3. The van der Waals surface area contributed by atoms with Crippen molar-refractivity contribution in [2.24, 2.45) is 0 Å². The van der Waals surface area contributed by atoms with Gasteiger partial charge in [-0.15, -0.1) is 0 Å². The lowest BCUT2D eigenvalue weighted by Crippen LogP contribution is -2.20. The third-order valence-electron chi connectivity index (χ3n) is 2.25. The van der Waals surface area contributed by atoms with Gasteiger partial charge in [0.2, 0.25) is 0 Å². The Morgan fingerprint density at radius 3 is 2.50 bits per heavy atom. The first-order valence-corrected chi connectivity index (χ1v) is 6.49. The summed E-state index contributed by atoms with van der Waals surface area (Å²) >= 11 is 0. The van der Waals surface area contributed by atoms with Crippen LogP contribution in [-0.4, -0.2) is 26.8 Å². The average Bonchev–Trinajstić information content (AvgIpc) is 1.56. The Morgan fingerprint density at radius 2 is 2.20 bits per heavy atom. The molecule has 0 aromatic carbocycles. The van der Waals surface area contributed by atoms with Crippen molar-refractivity contribution in [1.82, 2.24) is 0 Å². The van der Waals surface area contributed by atoms with Crippen LogP contribution in [0.15, 0.2) is 0 Å². The van der Waals surface area contributed by atoms with E-state index in [1.807, 2.05) is 6.66 Å². The van der Waals surface area contributed by atoms with Gasteiger partial charge in [0, 0.05) is 6.16 Å². The summed E-state index contributed by atoms with van der Waals surface area (Å²) in [6, 6.07) is 0. The van der Waals surface area contributed by atoms with Crippen LogP contribution in [0, 0.1) is 0 Å². The molecule has 10 heavy (non-hydrogen) atoms. The van der Waals surface area contributed by atoms with Gasteiger partial charge in [-0.25, -0.2) is 0 Å². The molecule has 0 spiro atoms. The summed E-state index contributed by atoms with van der Waals surface area (Å²) in [4.78, 5) is 0. The van der Waals surface area contributed by atoms with Crippen LogP contribution < -0.4 is 0 Å². The van der Waals surface area contributed by atoms with Gasteiger partial charge < -0.3 is 4.57 Å². The van der Waals surface area contributed by atoms with Crippen molar-refractivity contribution in [2.75, 3.05) is 19.0 Å². The van der Waals surface area contributed by atoms with E-state index in [1.54, 1.807) is 0 Å². The van der Waals surface area contributed by atoms with Crippen LogP contribution in [0.25, 0.3) is 0 Å². The molecular weight excluding hydrogens is 142 g/mol. The van der Waals surface area contributed by atoms with Crippen molar-refractivity contribution in [3.05, 3.63) is 0 Å². The summed E-state index contributed by atoms with van der Waals surface area (Å²) in [6.07, 6.45) is 4.36. The van der Waals surface area contributed by atoms with Gasteiger partial charge in [-0.2, -0.15) is 0 Å². The highest BCUT2D eigenvalue weighted by Crippen LogP contribution is 2.54. The molecule has 2 unspecified atom stereocenters. The molecule has 2 atom stereocenters. The molecule has 0 aromatic rings. The number of hydrogen-bond acceptors (Lipinski definition) is 1. The maximum Gasteiger partial charge on any atom is 0.109 e. The Morgan fingerprint density at radius 1 is 1.60 bits per heavy atom. The van der Waals surface area contributed by atoms with Gasteiger partial charge in [-0.3, -0.25) is 0 Å². The third-order valence-corrected chi connectivity index (χ3v) is 5.03. The molecule has 1 rings (SSSR count). The van der Waals surface area contributed by atoms with Crippen molar-refractivity contribution >= 4 is 15.0 Å². The minimum absolute atomic E-state index is 0.350. The van der Waals surface area contributed by atoms with E-state index in [4.69, 9.17) is 0 Å². The third kappa shape index (κ3) is 2.16. The highest BCUT2D eigenvalue weighted by atomic mass is 31.2. The molecule has 3 heteroatoms. The molecule has 1 nitrogen and oxygen atoms in total. The van der Waals surface area contributed by atoms with Gasteiger partial charge in [0.25, 0.3) is 0 Å². The Labute approximate surface area is 64.4 Å². The Bertz CT molecular complexity index is 176. The van der Waals surface area contributed by atoms with E-state index >= 15 is 0 Å². The molecule has 0 aliphatic carbocycles. The van der Waals surface area contributed by atoms with E-state index in [0.29, 0.717) is 5.31 Å². The first-order valence-electron chi connectivity index (χ1n) is 3.97. The fraction of sp³-hybridized carbons (Fsp3) is 1.00. The van der Waals surface area contributed by atoms with E-state index in [0.717, 1.165) is 12.3 Å². The molecule has 1 fully saturated rings. The summed E-state index contributed by atoms with van der Waals surface area (Å²) in [5, 5.41) is 0.350. The largest absolute Gasteiger partial charge is 0.324 e. The molecule has 58 valence electrons. The fourth-order valence-corrected chi connectivity index (χ4v) is 4.91. The van der Waals surface area contributed by atoms with Gasteiger partial charge in [-0.1, -0.05) is 18.7 Å². The van der Waals surface area contributed by atoms with Crippen molar-refractivity contribution in [2.45, 2.75) is 25.1 Å². The van der Waals surface area contributed by atoms with Gasteiger partial charge in [0.15, 0.2) is 0 Å². The smallest absolute Gasteiger partial charge is 0.109 e. The Balaban J connectivity index is 2.66. The quantitative estimate of drug-likeness (QED) is 0.386. The summed E-state index contributed by atoms with van der Waals surface area (Å²) in [7, 11) is 0.516. The molecule has 1 saturated heterocycles. The SMILES string of the molecule is BC1(C)CCCP(C)(=O)C1. The van der Waals surface area contributed by atoms with Crippen LogP contribution in [0.2, 0.25) is 5.31 Å². The highest BCUT2D eigenvalue weighted by Gasteiger charge is 2.31. The van der Waals surface area contributed by atoms with E-state index in [2.05, 4.69) is 14.8 Å². The van der Waals surface area contributed by atoms with Crippen LogP contribution in [0.4, 0.5) is 0 Å². The summed E-state index contributed by atoms with van der Waals surface area (Å²) < 4.78 is 11.6. The Hall–Kier alpha value is 0.295. The van der Waals surface area contributed by atoms with Gasteiger partial charge in [0.05, 0.1) is 7.14 Å². The van der Waals surface area contributed by atoms with Gasteiger partial charge >= 0.3 is 0 Å². The van der Waals surface area contributed by atoms with Crippen LogP contribution in [0.1, 0.15) is 19.8 Å². The maximum absolute atomic E-state index is 11.6. The van der Waals surface area contributed by atoms with Crippen molar-refractivity contribution in [3.8, 4) is 0 Å². The average molecular weight is 158 g/mol. The molecule has 0 radical (unpaired) electrons. The molecule has 1 heterocycles. The molecule has 0 aromatic heterocycles. The van der Waals surface area contributed by atoms with Gasteiger partial charge in [-0.05, 0) is 19.2 Å². The second kappa shape index (κ2) is 2.41. The molecule has 0 amide bonds. The fourth-order valence-electron chi connectivity index (χ4n) is 1.96. The minimum atomic E-state index is -1.71. The zero-order chi connectivity index (χ0) is 7.83. The molecule has 1 aliphatic heterocycles. The monoisotopic (exact) mass is 158 g/mol. The van der Waals surface area contributed by atoms with E-state index in [9.17, 15) is 4.57 Å². The lowest BCUT2D eigenvalue weighted by Gasteiger charge is -2.33. The zero-order valence-electron chi connectivity index (χ0n) is 7.18. The topological polar surface area (TPSA) is 17.1 Å². The van der Waals surface area contributed by atoms with Crippen molar-refractivity contribution < 1.29 is 4.57 Å². The number of rotatable bonds is 0. The zero-order valence-corrected chi connectivity index (χ0v) is 8.08. The highest BCUT2D eigenvalue weighted by molar-refractivity contribution is 7.63. The van der Waals surface area contributed by atoms with Crippen LogP contribution in [0.3, 0.4) is 0 Å². The predicted octanol–water partition coefficient (Wildman–Crippen LogP) is 1.58. The Kier molecular flexibility index (Phi) is 2.02. The molecular formula is C7H16BOP. The van der Waals surface area contributed by atoms with Crippen LogP contribution >= 0.6 is 7.14 Å². The van der Waals surface area contributed by atoms with Gasteiger partial charge in [0.1, 0.15) is 7.85 Å². The number of hydrogen-bond donors (Lipinski definition) is 0. The normalized spacial score (nSPS) is 49.0. The predicted molar refractivity (Wildman–Crippen MR) is 49.4 cm³/mol. The van der Waals surface area contributed by atoms with E-state index in [-0.39, 0.29) is 0 Å². The lowest BCUT2D eigenvalue weighted by molar-refractivity contribution is 0.528. The van der Waals surface area contributed by atoms with Crippen molar-refractivity contribution in [3.63, 3.8) is 0 Å². The van der Waals surface area contributed by atoms with E-state index in [1.165, 1.54) is 12.8 Å². The minimum Gasteiger partial charge on any atom is -0.324 e. The molecule has 0 N–H and O–H groups in total. The van der Waals surface area contributed by atoms with Crippen LogP contribution in [0.5, 0.6) is 0 Å². The molecule has 1 aliphatic rings. The molecule has 0 saturated carbocycles. The summed E-state index contributed by atoms with van der Waals surface area (Å²) in [5.41, 5.74) is 0. The second-order valence-corrected chi connectivity index (χ2v) is 7.80. The van der Waals surface area contributed by atoms with Crippen LogP contribution in [-0.2, 0) is 4.57 Å². The first kappa shape index (κ1) is 8.39. The van der Waals surface area contributed by atoms with Crippen molar-refractivity contribution in [1.29, 1.82) is 0 Å². The lowest BCUT2D eigenvalue weighted by atomic mass is 9.69. The summed E-state index contributed by atoms with van der Waals surface area (Å²) in [5.74, 6) is 0. The first-order chi connectivity index (χ1) is 4.41. The summed E-state index contributed by atoms with van der Waals surface area (Å²) in [6.45, 7) is 4.18. The maximum atomic E-state index is 11.6. The van der Waals surface area contributed by atoms with E-state index < -0.39 is 7.14 Å². The molecule has 0 bridgehead atoms.